The maximum atomic E-state index is 4.08. The Hall–Kier alpha value is -1.37. The molecule has 0 aliphatic heterocycles. The average molecular weight is 229 g/mol. The third-order valence-corrected chi connectivity index (χ3v) is 2.87. The zero-order valence-corrected chi connectivity index (χ0v) is 11.0. The molecule has 0 radical (unpaired) electrons. The molecule has 0 saturated carbocycles. The van der Waals surface area contributed by atoms with Crippen molar-refractivity contribution in [3.63, 3.8) is 0 Å². The highest BCUT2D eigenvalue weighted by Gasteiger charge is 1.97. The Labute approximate surface area is 105 Å². The molecule has 1 nitrogen and oxygen atoms in total. The summed E-state index contributed by atoms with van der Waals surface area (Å²) in [7, 11) is 0. The van der Waals surface area contributed by atoms with Gasteiger partial charge in [0.1, 0.15) is 0 Å². The van der Waals surface area contributed by atoms with E-state index in [0.29, 0.717) is 5.92 Å². The quantitative estimate of drug-likeness (QED) is 0.477. The first-order chi connectivity index (χ1) is 8.33. The largest absolute Gasteiger partial charge is 0.270 e. The molecule has 1 aromatic rings. The Morgan fingerprint density at radius 1 is 1.18 bits per heavy atom. The van der Waals surface area contributed by atoms with Crippen molar-refractivity contribution >= 4 is 6.21 Å². The molecule has 92 valence electrons. The van der Waals surface area contributed by atoms with Crippen LogP contribution in [0.3, 0.4) is 0 Å². The van der Waals surface area contributed by atoms with Crippen LogP contribution in [0.15, 0.2) is 47.6 Å². The van der Waals surface area contributed by atoms with Gasteiger partial charge in [0.15, 0.2) is 0 Å². The van der Waals surface area contributed by atoms with Gasteiger partial charge < -0.3 is 0 Å². The van der Waals surface area contributed by atoms with Gasteiger partial charge in [-0.25, -0.2) is 0 Å². The van der Waals surface area contributed by atoms with Gasteiger partial charge in [0.2, 0.25) is 0 Å². The summed E-state index contributed by atoms with van der Waals surface area (Å²) < 4.78 is 0. The van der Waals surface area contributed by atoms with E-state index in [0.717, 1.165) is 0 Å². The van der Waals surface area contributed by atoms with Crippen molar-refractivity contribution in [1.82, 2.24) is 0 Å². The van der Waals surface area contributed by atoms with Crippen molar-refractivity contribution in [2.75, 3.05) is 0 Å². The second-order valence-electron chi connectivity index (χ2n) is 4.46. The smallest absolute Gasteiger partial charge is 0.0226 e. The first-order valence-corrected chi connectivity index (χ1v) is 6.51. The fourth-order valence-electron chi connectivity index (χ4n) is 1.82. The van der Waals surface area contributed by atoms with Crippen LogP contribution in [0.5, 0.6) is 0 Å². The molecular formula is C16H23N. The molecule has 0 spiro atoms. The summed E-state index contributed by atoms with van der Waals surface area (Å²) in [5, 5.41) is 0. The number of nitrogens with zero attached hydrogens (tertiary/aromatic N) is 1. The Bertz CT molecular complexity index is 338. The van der Waals surface area contributed by atoms with Crippen molar-refractivity contribution < 1.29 is 0 Å². The first-order valence-electron chi connectivity index (χ1n) is 6.51. The summed E-state index contributed by atoms with van der Waals surface area (Å²) in [6.07, 6.45) is 10.9. The lowest BCUT2D eigenvalue weighted by Crippen LogP contribution is -1.91. The molecule has 17 heavy (non-hydrogen) atoms. The third-order valence-electron chi connectivity index (χ3n) is 2.87. The van der Waals surface area contributed by atoms with Crippen LogP contribution in [0.1, 0.15) is 38.7 Å². The van der Waals surface area contributed by atoms with Gasteiger partial charge in [-0.05, 0) is 37.7 Å². The highest BCUT2D eigenvalue weighted by Crippen LogP contribution is 2.12. The van der Waals surface area contributed by atoms with E-state index in [2.05, 4.69) is 48.3 Å². The van der Waals surface area contributed by atoms with E-state index >= 15 is 0 Å². The van der Waals surface area contributed by atoms with E-state index in [1.807, 2.05) is 19.3 Å². The molecule has 0 heterocycles. The molecule has 1 atom stereocenters. The minimum absolute atomic E-state index is 0.634. The molecule has 1 rings (SSSR count). The lowest BCUT2D eigenvalue weighted by Gasteiger charge is -2.05. The lowest BCUT2D eigenvalue weighted by molar-refractivity contribution is 0.580. The summed E-state index contributed by atoms with van der Waals surface area (Å²) in [6, 6.07) is 10.7. The lowest BCUT2D eigenvalue weighted by atomic mass is 10.0. The monoisotopic (exact) mass is 229 g/mol. The van der Waals surface area contributed by atoms with E-state index in [4.69, 9.17) is 0 Å². The molecule has 0 saturated heterocycles. The number of rotatable bonds is 7. The van der Waals surface area contributed by atoms with Crippen LogP contribution in [0.2, 0.25) is 0 Å². The summed E-state index contributed by atoms with van der Waals surface area (Å²) in [4.78, 5) is 4.08. The number of allylic oxidation sites excluding steroid dienone is 1. The molecule has 0 aromatic heterocycles. The van der Waals surface area contributed by atoms with E-state index < -0.39 is 0 Å². The fourth-order valence-corrected chi connectivity index (χ4v) is 1.82. The highest BCUT2D eigenvalue weighted by atomic mass is 14.6. The Morgan fingerprint density at radius 3 is 2.65 bits per heavy atom. The van der Waals surface area contributed by atoms with Gasteiger partial charge in [0, 0.05) is 12.4 Å². The molecular weight excluding hydrogens is 206 g/mol. The van der Waals surface area contributed by atoms with E-state index in [1.54, 1.807) is 0 Å². The Morgan fingerprint density at radius 2 is 1.94 bits per heavy atom. The molecule has 0 fully saturated rings. The number of aliphatic imine (C=N–C) groups is 1. The van der Waals surface area contributed by atoms with Crippen molar-refractivity contribution in [2.24, 2.45) is 10.9 Å². The summed E-state index contributed by atoms with van der Waals surface area (Å²) >= 11 is 0. The molecule has 1 heteroatoms. The molecule has 1 unspecified atom stereocenters. The fraction of sp³-hybridized carbons (Fsp3) is 0.438. The maximum absolute atomic E-state index is 4.08. The van der Waals surface area contributed by atoms with Gasteiger partial charge in [-0.2, -0.15) is 0 Å². The van der Waals surface area contributed by atoms with Crippen molar-refractivity contribution in [1.29, 1.82) is 0 Å². The molecule has 0 aliphatic carbocycles. The number of hydrogen-bond acceptors (Lipinski definition) is 1. The molecule has 0 amide bonds. The average Bonchev–Trinajstić information content (AvgIpc) is 2.36. The van der Waals surface area contributed by atoms with E-state index in [9.17, 15) is 0 Å². The zero-order chi connectivity index (χ0) is 12.3. The van der Waals surface area contributed by atoms with E-state index in [-0.39, 0.29) is 0 Å². The maximum Gasteiger partial charge on any atom is 0.0226 e. The number of unbranched alkanes of at least 4 members (excludes halogenated alkanes) is 1. The minimum Gasteiger partial charge on any atom is -0.270 e. The predicted molar refractivity (Wildman–Crippen MR) is 76.5 cm³/mol. The van der Waals surface area contributed by atoms with Gasteiger partial charge in [-0.1, -0.05) is 49.8 Å². The molecule has 0 bridgehead atoms. The highest BCUT2D eigenvalue weighted by molar-refractivity contribution is 5.54. The first kappa shape index (κ1) is 13.7. The second-order valence-corrected chi connectivity index (χ2v) is 4.46. The van der Waals surface area contributed by atoms with Crippen molar-refractivity contribution in [2.45, 2.75) is 39.5 Å². The van der Waals surface area contributed by atoms with Gasteiger partial charge in [0.25, 0.3) is 0 Å². The van der Waals surface area contributed by atoms with Crippen molar-refractivity contribution in [3.05, 3.63) is 48.2 Å². The van der Waals surface area contributed by atoms with Gasteiger partial charge in [0.05, 0.1) is 0 Å². The minimum atomic E-state index is 0.634. The topological polar surface area (TPSA) is 12.4 Å². The standard InChI is InChI=1S/C16H23N/c1-3-17-14-13-15(2)9-7-8-12-16-10-5-4-6-11-16/h3-6,10-11,13-15H,7-9,12H2,1-2H3. The Balaban J connectivity index is 2.12. The van der Waals surface area contributed by atoms with Crippen LogP contribution >= 0.6 is 0 Å². The van der Waals surface area contributed by atoms with Crippen LogP contribution in [-0.2, 0) is 6.42 Å². The van der Waals surface area contributed by atoms with Gasteiger partial charge in [-0.3, -0.25) is 4.99 Å². The van der Waals surface area contributed by atoms with Crippen LogP contribution in [-0.4, -0.2) is 6.21 Å². The molecule has 1 aromatic carbocycles. The molecule has 0 N–H and O–H groups in total. The number of hydrogen-bond donors (Lipinski definition) is 0. The number of benzene rings is 1. The third kappa shape index (κ3) is 6.72. The zero-order valence-electron chi connectivity index (χ0n) is 11.0. The predicted octanol–water partition coefficient (Wildman–Crippen LogP) is 4.64. The molecule has 0 aliphatic rings. The van der Waals surface area contributed by atoms with Crippen LogP contribution in [0.25, 0.3) is 0 Å². The number of aryl methyl sites for hydroxylation is 1. The van der Waals surface area contributed by atoms with Crippen LogP contribution in [0, 0.1) is 5.92 Å². The van der Waals surface area contributed by atoms with Crippen LogP contribution < -0.4 is 0 Å². The van der Waals surface area contributed by atoms with Gasteiger partial charge in [-0.15, -0.1) is 0 Å². The van der Waals surface area contributed by atoms with Crippen molar-refractivity contribution in [3.8, 4) is 0 Å². The summed E-state index contributed by atoms with van der Waals surface area (Å²) in [5.74, 6) is 0.634. The summed E-state index contributed by atoms with van der Waals surface area (Å²) in [6.45, 7) is 4.19. The van der Waals surface area contributed by atoms with E-state index in [1.165, 1.54) is 31.2 Å². The summed E-state index contributed by atoms with van der Waals surface area (Å²) in [5.41, 5.74) is 1.45. The normalized spacial score (nSPS) is 13.5. The SMILES string of the molecule is CC=NC=CC(C)CCCCc1ccccc1. The van der Waals surface area contributed by atoms with Crippen LogP contribution in [0.4, 0.5) is 0 Å². The second kappa shape index (κ2) is 8.74. The Kier molecular flexibility index (Phi) is 7.04. The van der Waals surface area contributed by atoms with Gasteiger partial charge >= 0.3 is 0 Å².